The lowest BCUT2D eigenvalue weighted by Crippen LogP contribution is -2.40. The lowest BCUT2D eigenvalue weighted by atomic mass is 10.2. The molecule has 1 aromatic carbocycles. The molecule has 0 radical (unpaired) electrons. The van der Waals surface area contributed by atoms with Crippen LogP contribution in [0.5, 0.6) is 0 Å². The first-order valence-corrected chi connectivity index (χ1v) is 5.80. The van der Waals surface area contributed by atoms with Crippen LogP contribution < -0.4 is 10.6 Å². The average Bonchev–Trinajstić information content (AvgIpc) is 2.25. The molecule has 0 spiro atoms. The highest BCUT2D eigenvalue weighted by Crippen LogP contribution is 2.14. The summed E-state index contributed by atoms with van der Waals surface area (Å²) in [5.41, 5.74) is -0.142. The van der Waals surface area contributed by atoms with E-state index in [1.54, 1.807) is 13.8 Å². The summed E-state index contributed by atoms with van der Waals surface area (Å²) in [6, 6.07) is 3.72. The molecule has 0 aliphatic heterocycles. The molecule has 0 unspecified atom stereocenters. The van der Waals surface area contributed by atoms with Gasteiger partial charge in [0.1, 0.15) is 5.82 Å². The first-order chi connectivity index (χ1) is 8.40. The zero-order chi connectivity index (χ0) is 13.7. The zero-order valence-corrected chi connectivity index (χ0v) is 10.8. The van der Waals surface area contributed by atoms with Crippen molar-refractivity contribution in [3.05, 3.63) is 34.6 Å². The van der Waals surface area contributed by atoms with Crippen LogP contribution in [0.2, 0.25) is 5.02 Å². The van der Waals surface area contributed by atoms with Crippen LogP contribution >= 0.6 is 11.6 Å². The molecule has 2 N–H and O–H groups in total. The molecule has 4 nitrogen and oxygen atoms in total. The van der Waals surface area contributed by atoms with Gasteiger partial charge in [-0.1, -0.05) is 11.6 Å². The number of carbonyl (C=O) groups excluding carboxylic acids is 2. The molecule has 0 heterocycles. The molecule has 18 heavy (non-hydrogen) atoms. The van der Waals surface area contributed by atoms with Gasteiger partial charge in [0.2, 0.25) is 5.91 Å². The second-order valence-corrected chi connectivity index (χ2v) is 4.47. The van der Waals surface area contributed by atoms with Crippen LogP contribution in [-0.2, 0) is 4.79 Å². The minimum Gasteiger partial charge on any atom is -0.352 e. The van der Waals surface area contributed by atoms with Gasteiger partial charge in [-0.05, 0) is 32.0 Å². The van der Waals surface area contributed by atoms with Crippen LogP contribution in [0.25, 0.3) is 0 Å². The molecule has 0 saturated carbocycles. The molecule has 0 fully saturated rings. The second kappa shape index (κ2) is 6.35. The third-order valence-electron chi connectivity index (χ3n) is 2.03. The van der Waals surface area contributed by atoms with E-state index in [-0.39, 0.29) is 29.1 Å². The molecule has 0 aliphatic rings. The molecule has 1 aromatic rings. The lowest BCUT2D eigenvalue weighted by Gasteiger charge is -2.09. The monoisotopic (exact) mass is 272 g/mol. The molecular weight excluding hydrogens is 259 g/mol. The summed E-state index contributed by atoms with van der Waals surface area (Å²) in [7, 11) is 0. The minimum absolute atomic E-state index is 0.0123. The topological polar surface area (TPSA) is 58.2 Å². The Morgan fingerprint density at radius 2 is 2.06 bits per heavy atom. The van der Waals surface area contributed by atoms with Crippen LogP contribution in [0.15, 0.2) is 18.2 Å². The van der Waals surface area contributed by atoms with Crippen LogP contribution in [-0.4, -0.2) is 24.4 Å². The molecule has 98 valence electrons. The Hall–Kier alpha value is -1.62. The third kappa shape index (κ3) is 4.33. The lowest BCUT2D eigenvalue weighted by molar-refractivity contribution is -0.120. The van der Waals surface area contributed by atoms with Crippen molar-refractivity contribution in [1.82, 2.24) is 10.6 Å². The normalized spacial score (nSPS) is 10.3. The van der Waals surface area contributed by atoms with Gasteiger partial charge in [0, 0.05) is 11.1 Å². The van der Waals surface area contributed by atoms with Crippen molar-refractivity contribution in [2.75, 3.05) is 6.54 Å². The van der Waals surface area contributed by atoms with Gasteiger partial charge < -0.3 is 10.6 Å². The van der Waals surface area contributed by atoms with Crippen molar-refractivity contribution in [2.45, 2.75) is 19.9 Å². The Morgan fingerprint density at radius 3 is 2.61 bits per heavy atom. The van der Waals surface area contributed by atoms with Gasteiger partial charge >= 0.3 is 0 Å². The van der Waals surface area contributed by atoms with Gasteiger partial charge in [0.05, 0.1) is 12.1 Å². The molecule has 1 rings (SSSR count). The van der Waals surface area contributed by atoms with Gasteiger partial charge in [0.15, 0.2) is 0 Å². The van der Waals surface area contributed by atoms with Gasteiger partial charge in [-0.25, -0.2) is 4.39 Å². The first-order valence-electron chi connectivity index (χ1n) is 5.42. The number of benzene rings is 1. The zero-order valence-electron chi connectivity index (χ0n) is 10.1. The SMILES string of the molecule is CC(C)NC(=O)CNC(=O)c1ccc(Cl)cc1F. The molecule has 2 amide bonds. The number of rotatable bonds is 4. The van der Waals surface area contributed by atoms with E-state index in [4.69, 9.17) is 11.6 Å². The molecule has 0 saturated heterocycles. The Bertz CT molecular complexity index is 463. The van der Waals surface area contributed by atoms with Crippen LogP contribution in [0.3, 0.4) is 0 Å². The number of halogens is 2. The van der Waals surface area contributed by atoms with E-state index in [9.17, 15) is 14.0 Å². The predicted octanol–water partition coefficient (Wildman–Crippen LogP) is 1.73. The summed E-state index contributed by atoms with van der Waals surface area (Å²) in [5, 5.41) is 5.14. The number of amides is 2. The minimum atomic E-state index is -0.718. The summed E-state index contributed by atoms with van der Waals surface area (Å²) in [4.78, 5) is 22.9. The van der Waals surface area contributed by atoms with Crippen molar-refractivity contribution in [2.24, 2.45) is 0 Å². The van der Waals surface area contributed by atoms with Crippen LogP contribution in [0.1, 0.15) is 24.2 Å². The second-order valence-electron chi connectivity index (χ2n) is 4.03. The Balaban J connectivity index is 2.58. The highest BCUT2D eigenvalue weighted by atomic mass is 35.5. The highest BCUT2D eigenvalue weighted by molar-refractivity contribution is 6.30. The number of nitrogens with one attached hydrogen (secondary N) is 2. The summed E-state index contributed by atoms with van der Waals surface area (Å²) in [6.45, 7) is 3.41. The van der Waals surface area contributed by atoms with E-state index in [1.807, 2.05) is 0 Å². The van der Waals surface area contributed by atoms with Gasteiger partial charge in [-0.3, -0.25) is 9.59 Å². The maximum absolute atomic E-state index is 13.4. The Labute approximate surface area is 110 Å². The van der Waals surface area contributed by atoms with E-state index in [1.165, 1.54) is 12.1 Å². The smallest absolute Gasteiger partial charge is 0.254 e. The standard InChI is InChI=1S/C12H14ClFN2O2/c1-7(2)16-11(17)6-15-12(18)9-4-3-8(13)5-10(9)14/h3-5,7H,6H2,1-2H3,(H,15,18)(H,16,17). The maximum atomic E-state index is 13.4. The summed E-state index contributed by atoms with van der Waals surface area (Å²) in [5.74, 6) is -1.69. The van der Waals surface area contributed by atoms with E-state index >= 15 is 0 Å². The molecule has 0 atom stereocenters. The van der Waals surface area contributed by atoms with E-state index in [0.29, 0.717) is 0 Å². The fraction of sp³-hybridized carbons (Fsp3) is 0.333. The Morgan fingerprint density at radius 1 is 1.39 bits per heavy atom. The van der Waals surface area contributed by atoms with Gasteiger partial charge in [-0.15, -0.1) is 0 Å². The number of hydrogen-bond donors (Lipinski definition) is 2. The largest absolute Gasteiger partial charge is 0.352 e. The van der Waals surface area contributed by atoms with E-state index < -0.39 is 11.7 Å². The van der Waals surface area contributed by atoms with Crippen molar-refractivity contribution in [3.63, 3.8) is 0 Å². The fourth-order valence-corrected chi connectivity index (χ4v) is 1.46. The predicted molar refractivity (Wildman–Crippen MR) is 67.0 cm³/mol. The van der Waals surface area contributed by atoms with Crippen LogP contribution in [0, 0.1) is 5.82 Å². The molecular formula is C12H14ClFN2O2. The molecule has 0 aliphatic carbocycles. The van der Waals surface area contributed by atoms with Gasteiger partial charge in [-0.2, -0.15) is 0 Å². The molecule has 6 heteroatoms. The van der Waals surface area contributed by atoms with Crippen molar-refractivity contribution < 1.29 is 14.0 Å². The van der Waals surface area contributed by atoms with Crippen molar-refractivity contribution in [1.29, 1.82) is 0 Å². The quantitative estimate of drug-likeness (QED) is 0.877. The summed E-state index contributed by atoms with van der Waals surface area (Å²) < 4.78 is 13.4. The summed E-state index contributed by atoms with van der Waals surface area (Å²) >= 11 is 5.57. The highest BCUT2D eigenvalue weighted by Gasteiger charge is 2.13. The average molecular weight is 273 g/mol. The first kappa shape index (κ1) is 14.4. The van der Waals surface area contributed by atoms with E-state index in [0.717, 1.165) is 6.07 Å². The van der Waals surface area contributed by atoms with Gasteiger partial charge in [0.25, 0.3) is 5.91 Å². The number of hydrogen-bond acceptors (Lipinski definition) is 2. The molecule has 0 bridgehead atoms. The summed E-state index contributed by atoms with van der Waals surface area (Å²) in [6.07, 6.45) is 0. The van der Waals surface area contributed by atoms with E-state index in [2.05, 4.69) is 10.6 Å². The van der Waals surface area contributed by atoms with Crippen LogP contribution in [0.4, 0.5) is 4.39 Å². The van der Waals surface area contributed by atoms with Crippen molar-refractivity contribution in [3.8, 4) is 0 Å². The van der Waals surface area contributed by atoms with Crippen molar-refractivity contribution >= 4 is 23.4 Å². The Kier molecular flexibility index (Phi) is 5.09. The number of carbonyl (C=O) groups is 2. The fourth-order valence-electron chi connectivity index (χ4n) is 1.30. The third-order valence-corrected chi connectivity index (χ3v) is 2.27. The maximum Gasteiger partial charge on any atom is 0.254 e. The molecule has 0 aromatic heterocycles.